The molecule has 1 fully saturated rings. The molecule has 88 valence electrons. The molecule has 0 aromatic carbocycles. The Morgan fingerprint density at radius 2 is 2.20 bits per heavy atom. The van der Waals surface area contributed by atoms with Crippen molar-refractivity contribution in [3.63, 3.8) is 0 Å². The van der Waals surface area contributed by atoms with Crippen LogP contribution in [0.2, 0.25) is 0 Å². The number of alkyl halides is 2. The number of aliphatic carboxylic acids is 1. The first-order valence-electron chi connectivity index (χ1n) is 5.33. The molecule has 15 heavy (non-hydrogen) atoms. The lowest BCUT2D eigenvalue weighted by atomic mass is 9.98. The van der Waals surface area contributed by atoms with Gasteiger partial charge in [-0.2, -0.15) is 0 Å². The number of carbonyl (C=O) groups is 1. The van der Waals surface area contributed by atoms with Crippen molar-refractivity contribution in [3.8, 4) is 0 Å². The number of hydrogen-bond acceptors (Lipinski definition) is 2. The van der Waals surface area contributed by atoms with Gasteiger partial charge in [-0.1, -0.05) is 6.42 Å². The highest BCUT2D eigenvalue weighted by molar-refractivity contribution is 5.66. The number of piperidine rings is 1. The Bertz CT molecular complexity index is 212. The Labute approximate surface area is 88.1 Å². The summed E-state index contributed by atoms with van der Waals surface area (Å²) in [6.45, 7) is 0.457. The Kier molecular flexibility index (Phi) is 4.94. The lowest BCUT2D eigenvalue weighted by Gasteiger charge is -2.35. The average Bonchev–Trinajstić information content (AvgIpc) is 2.15. The van der Waals surface area contributed by atoms with Crippen molar-refractivity contribution < 1.29 is 18.7 Å². The fraction of sp³-hybridized carbons (Fsp3) is 0.900. The van der Waals surface area contributed by atoms with Crippen molar-refractivity contribution >= 4 is 5.97 Å². The maximum Gasteiger partial charge on any atom is 0.303 e. The fourth-order valence-corrected chi connectivity index (χ4v) is 2.09. The number of halogens is 2. The summed E-state index contributed by atoms with van der Waals surface area (Å²) in [4.78, 5) is 12.1. The minimum Gasteiger partial charge on any atom is -0.481 e. The largest absolute Gasteiger partial charge is 0.481 e. The number of nitrogens with zero attached hydrogens (tertiary/aromatic N) is 1. The predicted molar refractivity (Wildman–Crippen MR) is 52.1 cm³/mol. The fourth-order valence-electron chi connectivity index (χ4n) is 2.09. The van der Waals surface area contributed by atoms with E-state index in [0.29, 0.717) is 13.0 Å². The standard InChI is InChI=1S/C10H17F2NO2/c11-9(12)7-13-6-2-1-3-8(13)4-5-10(14)15/h8-9H,1-7H2,(H,14,15). The molecule has 0 spiro atoms. The summed E-state index contributed by atoms with van der Waals surface area (Å²) in [5.74, 6) is -0.849. The van der Waals surface area contributed by atoms with Crippen LogP contribution in [-0.4, -0.2) is 41.5 Å². The number of carboxylic acids is 1. The molecular weight excluding hydrogens is 204 g/mol. The van der Waals surface area contributed by atoms with Gasteiger partial charge in [-0.25, -0.2) is 8.78 Å². The normalized spacial score (nSPS) is 23.3. The highest BCUT2D eigenvalue weighted by Gasteiger charge is 2.24. The Balaban J connectivity index is 2.38. The Morgan fingerprint density at radius 1 is 1.47 bits per heavy atom. The van der Waals surface area contributed by atoms with Crippen LogP contribution in [0.3, 0.4) is 0 Å². The smallest absolute Gasteiger partial charge is 0.303 e. The second-order valence-electron chi connectivity index (χ2n) is 3.97. The SMILES string of the molecule is O=C(O)CCC1CCCCN1CC(F)F. The molecule has 1 saturated heterocycles. The third kappa shape index (κ3) is 4.55. The zero-order valence-corrected chi connectivity index (χ0v) is 8.66. The van der Waals surface area contributed by atoms with Crippen molar-refractivity contribution in [2.45, 2.75) is 44.6 Å². The molecule has 1 heterocycles. The third-order valence-electron chi connectivity index (χ3n) is 2.81. The van der Waals surface area contributed by atoms with Gasteiger partial charge in [0.25, 0.3) is 6.43 Å². The van der Waals surface area contributed by atoms with Crippen LogP contribution in [0.4, 0.5) is 8.78 Å². The molecule has 0 aromatic heterocycles. The van der Waals surface area contributed by atoms with Gasteiger partial charge in [0.1, 0.15) is 0 Å². The van der Waals surface area contributed by atoms with Gasteiger partial charge >= 0.3 is 5.97 Å². The van der Waals surface area contributed by atoms with Crippen LogP contribution in [0.1, 0.15) is 32.1 Å². The molecule has 1 unspecified atom stereocenters. The average molecular weight is 221 g/mol. The topological polar surface area (TPSA) is 40.5 Å². The molecule has 0 amide bonds. The van der Waals surface area contributed by atoms with E-state index in [-0.39, 0.29) is 19.0 Å². The summed E-state index contributed by atoms with van der Waals surface area (Å²) >= 11 is 0. The molecule has 1 atom stereocenters. The van der Waals surface area contributed by atoms with Crippen LogP contribution in [0.5, 0.6) is 0 Å². The zero-order valence-electron chi connectivity index (χ0n) is 8.66. The molecule has 0 aliphatic carbocycles. The number of likely N-dealkylation sites (tertiary alicyclic amines) is 1. The highest BCUT2D eigenvalue weighted by atomic mass is 19.3. The Hall–Kier alpha value is -0.710. The first-order chi connectivity index (χ1) is 7.09. The van der Waals surface area contributed by atoms with Crippen LogP contribution in [0.15, 0.2) is 0 Å². The predicted octanol–water partition coefficient (Wildman–Crippen LogP) is 1.97. The van der Waals surface area contributed by atoms with E-state index in [0.717, 1.165) is 19.3 Å². The van der Waals surface area contributed by atoms with Crippen LogP contribution < -0.4 is 0 Å². The maximum absolute atomic E-state index is 12.2. The van der Waals surface area contributed by atoms with E-state index >= 15 is 0 Å². The van der Waals surface area contributed by atoms with Gasteiger partial charge in [0.05, 0.1) is 6.54 Å². The van der Waals surface area contributed by atoms with E-state index in [2.05, 4.69) is 0 Å². The van der Waals surface area contributed by atoms with Gasteiger partial charge in [0.15, 0.2) is 0 Å². The summed E-state index contributed by atoms with van der Waals surface area (Å²) in [5, 5.41) is 8.55. The van der Waals surface area contributed by atoms with Crippen LogP contribution in [0.25, 0.3) is 0 Å². The maximum atomic E-state index is 12.2. The molecule has 0 radical (unpaired) electrons. The number of carboxylic acid groups (broad SMARTS) is 1. The summed E-state index contributed by atoms with van der Waals surface area (Å²) in [7, 11) is 0. The summed E-state index contributed by atoms with van der Waals surface area (Å²) in [5.41, 5.74) is 0. The lowest BCUT2D eigenvalue weighted by molar-refractivity contribution is -0.137. The lowest BCUT2D eigenvalue weighted by Crippen LogP contribution is -2.42. The molecule has 0 saturated carbocycles. The summed E-state index contributed by atoms with van der Waals surface area (Å²) < 4.78 is 24.5. The minimum atomic E-state index is -2.32. The first kappa shape index (κ1) is 12.4. The van der Waals surface area contributed by atoms with E-state index in [9.17, 15) is 13.6 Å². The van der Waals surface area contributed by atoms with Gasteiger partial charge in [-0.05, 0) is 25.8 Å². The molecule has 3 nitrogen and oxygen atoms in total. The second kappa shape index (κ2) is 6.00. The van der Waals surface area contributed by atoms with E-state index < -0.39 is 12.4 Å². The van der Waals surface area contributed by atoms with Crippen molar-refractivity contribution in [3.05, 3.63) is 0 Å². The highest BCUT2D eigenvalue weighted by Crippen LogP contribution is 2.21. The van der Waals surface area contributed by atoms with Gasteiger partial charge in [0, 0.05) is 12.5 Å². The summed E-state index contributed by atoms with van der Waals surface area (Å²) in [6.07, 6.45) is 1.04. The molecule has 0 bridgehead atoms. The van der Waals surface area contributed by atoms with Gasteiger partial charge in [-0.3, -0.25) is 9.69 Å². The van der Waals surface area contributed by atoms with Gasteiger partial charge in [-0.15, -0.1) is 0 Å². The minimum absolute atomic E-state index is 0.0313. The first-order valence-corrected chi connectivity index (χ1v) is 5.33. The van der Waals surface area contributed by atoms with Gasteiger partial charge < -0.3 is 5.11 Å². The van der Waals surface area contributed by atoms with Crippen LogP contribution >= 0.6 is 0 Å². The number of rotatable bonds is 5. The number of hydrogen-bond donors (Lipinski definition) is 1. The molecule has 1 aliphatic rings. The van der Waals surface area contributed by atoms with E-state index in [4.69, 9.17) is 5.11 Å². The van der Waals surface area contributed by atoms with E-state index in [1.807, 2.05) is 0 Å². The van der Waals surface area contributed by atoms with Crippen molar-refractivity contribution in [1.29, 1.82) is 0 Å². The molecule has 1 aliphatic heterocycles. The molecule has 1 N–H and O–H groups in total. The molecule has 5 heteroatoms. The third-order valence-corrected chi connectivity index (χ3v) is 2.81. The molecule has 1 rings (SSSR count). The summed E-state index contributed by atoms with van der Waals surface area (Å²) in [6, 6.07) is 0.0313. The van der Waals surface area contributed by atoms with Crippen LogP contribution in [0, 0.1) is 0 Å². The zero-order chi connectivity index (χ0) is 11.3. The van der Waals surface area contributed by atoms with E-state index in [1.54, 1.807) is 4.90 Å². The molecular formula is C10H17F2NO2. The second-order valence-corrected chi connectivity index (χ2v) is 3.97. The van der Waals surface area contributed by atoms with Crippen molar-refractivity contribution in [2.75, 3.05) is 13.1 Å². The quantitative estimate of drug-likeness (QED) is 0.771. The van der Waals surface area contributed by atoms with Crippen molar-refractivity contribution in [2.24, 2.45) is 0 Å². The van der Waals surface area contributed by atoms with Crippen molar-refractivity contribution in [1.82, 2.24) is 4.90 Å². The monoisotopic (exact) mass is 221 g/mol. The Morgan fingerprint density at radius 3 is 2.80 bits per heavy atom. The molecule has 0 aromatic rings. The van der Waals surface area contributed by atoms with E-state index in [1.165, 1.54) is 0 Å². The van der Waals surface area contributed by atoms with Crippen LogP contribution in [-0.2, 0) is 4.79 Å². The van der Waals surface area contributed by atoms with Gasteiger partial charge in [0.2, 0.25) is 0 Å².